The number of phenols is 2. The smallest absolute Gasteiger partial charge is 0.352 e. The van der Waals surface area contributed by atoms with Gasteiger partial charge >= 0.3 is 11.9 Å². The maximum Gasteiger partial charge on any atom is 0.352 e. The molecule has 2 amide bonds. The number of thiazole rings is 1. The summed E-state index contributed by atoms with van der Waals surface area (Å²) in [6.07, 6.45) is 1.01. The van der Waals surface area contributed by atoms with Crippen molar-refractivity contribution in [1.82, 2.24) is 20.5 Å². The number of nitrogens with two attached hydrogens (primary N) is 1. The number of benzene rings is 1. The van der Waals surface area contributed by atoms with E-state index >= 15 is 0 Å². The maximum atomic E-state index is 13.4. The Balaban J connectivity index is 1.23. The van der Waals surface area contributed by atoms with Gasteiger partial charge in [0.25, 0.3) is 11.8 Å². The Morgan fingerprint density at radius 2 is 2.00 bits per heavy atom. The normalized spacial score (nSPS) is 19.7. The van der Waals surface area contributed by atoms with Crippen LogP contribution in [0.15, 0.2) is 39.6 Å². The van der Waals surface area contributed by atoms with Gasteiger partial charge in [0.1, 0.15) is 34.4 Å². The molecule has 1 saturated carbocycles. The number of thioether (sulfide) groups is 2. The average molecular weight is 739 g/mol. The number of carboxylic acid groups (broad SMARTS) is 2. The number of amides is 2. The molecule has 0 spiro atoms. The Labute approximate surface area is 289 Å². The molecule has 254 valence electrons. The van der Waals surface area contributed by atoms with E-state index in [1.165, 1.54) is 39.9 Å². The number of oxime groups is 1. The number of carboxylic acids is 2. The molecule has 16 nitrogen and oxygen atoms in total. The minimum Gasteiger partial charge on any atom is -0.504 e. The van der Waals surface area contributed by atoms with Gasteiger partial charge in [-0.2, -0.15) is 11.8 Å². The van der Waals surface area contributed by atoms with Crippen molar-refractivity contribution in [2.45, 2.75) is 36.3 Å². The third kappa shape index (κ3) is 6.77. The van der Waals surface area contributed by atoms with Crippen LogP contribution < -0.4 is 16.4 Å². The van der Waals surface area contributed by atoms with Crippen molar-refractivity contribution in [1.29, 1.82) is 0 Å². The number of aromatic hydroxyl groups is 2. The predicted molar refractivity (Wildman–Crippen MR) is 177 cm³/mol. The van der Waals surface area contributed by atoms with Crippen LogP contribution in [0.1, 0.15) is 35.3 Å². The molecule has 0 unspecified atom stereocenters. The fourth-order valence-corrected chi connectivity index (χ4v) is 8.16. The molecule has 0 radical (unpaired) electrons. The van der Waals surface area contributed by atoms with Crippen LogP contribution in [-0.2, 0) is 24.0 Å². The van der Waals surface area contributed by atoms with Crippen molar-refractivity contribution in [3.05, 3.63) is 50.8 Å². The summed E-state index contributed by atoms with van der Waals surface area (Å²) in [5.41, 5.74) is 4.07. The Morgan fingerprint density at radius 1 is 1.25 bits per heavy atom. The number of anilines is 1. The molecule has 5 rings (SSSR count). The summed E-state index contributed by atoms with van der Waals surface area (Å²) in [6.45, 7) is 0.177. The topological polar surface area (TPSA) is 254 Å². The van der Waals surface area contributed by atoms with E-state index < -0.39 is 52.3 Å². The molecule has 2 atom stereocenters. The van der Waals surface area contributed by atoms with E-state index in [9.17, 15) is 44.4 Å². The van der Waals surface area contributed by atoms with E-state index in [1.54, 1.807) is 5.94 Å². The van der Waals surface area contributed by atoms with E-state index in [2.05, 4.69) is 20.8 Å². The molecule has 2 aliphatic heterocycles. The fraction of sp³-hybridized carbons (Fsp3) is 0.357. The SMILES string of the molecule is Nc1nc(/C(=N/OC2(C(=O)O)CCC2)C(=O)N[C@@H]2C(=C=O)N3C(C(=O)O)=C(CSCCNC(=O)c4ccc(O)c(O)c4Cl)CS[C@H]23)cs1. The van der Waals surface area contributed by atoms with E-state index in [-0.39, 0.29) is 69.4 Å². The molecule has 1 aromatic heterocycles. The second-order valence-corrected chi connectivity index (χ2v) is 14.1. The highest BCUT2D eigenvalue weighted by Gasteiger charge is 2.53. The summed E-state index contributed by atoms with van der Waals surface area (Å²) in [5.74, 6) is -2.37. The van der Waals surface area contributed by atoms with E-state index in [1.807, 2.05) is 0 Å². The molecule has 1 saturated heterocycles. The van der Waals surface area contributed by atoms with Crippen LogP contribution in [0.4, 0.5) is 5.13 Å². The van der Waals surface area contributed by atoms with E-state index in [0.717, 1.165) is 17.4 Å². The summed E-state index contributed by atoms with van der Waals surface area (Å²) in [6, 6.07) is 1.45. The van der Waals surface area contributed by atoms with Crippen LogP contribution in [0, 0.1) is 0 Å². The number of carbonyl (C=O) groups is 4. The van der Waals surface area contributed by atoms with Crippen molar-refractivity contribution in [3.8, 4) is 11.5 Å². The lowest BCUT2D eigenvalue weighted by atomic mass is 9.80. The maximum absolute atomic E-state index is 13.4. The molecular weight excluding hydrogens is 712 g/mol. The molecule has 3 aliphatic rings. The third-order valence-electron chi connectivity index (χ3n) is 7.68. The van der Waals surface area contributed by atoms with Gasteiger partial charge in [0.2, 0.25) is 5.60 Å². The molecule has 8 N–H and O–H groups in total. The van der Waals surface area contributed by atoms with Gasteiger partial charge in [0, 0.05) is 42.0 Å². The molecule has 2 aromatic rings. The largest absolute Gasteiger partial charge is 0.504 e. The number of hydrogen-bond donors (Lipinski definition) is 7. The third-order valence-corrected chi connectivity index (χ3v) is 11.1. The molecule has 20 heteroatoms. The quantitative estimate of drug-likeness (QED) is 0.0507. The number of phenolic OH excluding ortho intramolecular Hbond substituents is 2. The second kappa shape index (κ2) is 14.4. The molecule has 48 heavy (non-hydrogen) atoms. The van der Waals surface area contributed by atoms with E-state index in [0.29, 0.717) is 17.7 Å². The van der Waals surface area contributed by atoms with Gasteiger partial charge in [-0.05, 0) is 24.1 Å². The first-order valence-corrected chi connectivity index (χ1v) is 17.5. The number of carbonyl (C=O) groups excluding carboxylic acids is 3. The number of nitrogen functional groups attached to an aromatic ring is 1. The number of fused-ring (bicyclic) bond motifs is 1. The van der Waals surface area contributed by atoms with Crippen LogP contribution in [0.25, 0.3) is 0 Å². The standard InChI is InChI=1S/C28H27ClN6O10S3/c29-17-13(2-3-16(37)21(17)38)22(39)31-6-7-46-9-12-10-47-24-19(15(8-36)35(24)20(12)25(41)42)33-23(40)18(14-11-48-27(30)32-14)34-45-28(26(43)44)4-1-5-28/h2-3,11,19,24,37-38H,1,4-7,9-10H2,(H2,30,32)(H,31,39)(H,33,40)(H,41,42)(H,43,44)/b34-18-/t19-,24-/m1/s1. The van der Waals surface area contributed by atoms with Crippen molar-refractivity contribution >= 4 is 87.0 Å². The number of nitrogens with zero attached hydrogens (tertiary/aromatic N) is 3. The Morgan fingerprint density at radius 3 is 2.60 bits per heavy atom. The molecule has 3 heterocycles. The Hall–Kier alpha value is -4.42. The summed E-state index contributed by atoms with van der Waals surface area (Å²) in [4.78, 5) is 72.8. The van der Waals surface area contributed by atoms with Gasteiger partial charge in [-0.25, -0.2) is 19.4 Å². The first-order chi connectivity index (χ1) is 22.9. The summed E-state index contributed by atoms with van der Waals surface area (Å²) in [7, 11) is 0. The lowest BCUT2D eigenvalue weighted by molar-refractivity contribution is -0.178. The number of halogens is 1. The monoisotopic (exact) mass is 738 g/mol. The molecule has 1 aromatic carbocycles. The van der Waals surface area contributed by atoms with Crippen molar-refractivity contribution in [2.24, 2.45) is 5.16 Å². The first kappa shape index (κ1) is 34.9. The summed E-state index contributed by atoms with van der Waals surface area (Å²) >= 11 is 9.58. The predicted octanol–water partition coefficient (Wildman–Crippen LogP) is 1.61. The average Bonchev–Trinajstić information content (AvgIpc) is 3.45. The highest BCUT2D eigenvalue weighted by Crippen LogP contribution is 2.45. The Kier molecular flexibility index (Phi) is 10.4. The number of rotatable bonds is 13. The van der Waals surface area contributed by atoms with Crippen molar-refractivity contribution in [2.75, 3.05) is 29.5 Å². The van der Waals surface area contributed by atoms with Gasteiger partial charge in [0.05, 0.1) is 10.6 Å². The minimum atomic E-state index is -1.57. The molecular formula is C28H27ClN6O10S3. The molecule has 1 aliphatic carbocycles. The number of nitrogens with one attached hydrogen (secondary N) is 2. The number of aliphatic carboxylic acids is 2. The molecule has 2 fully saturated rings. The number of aromatic nitrogens is 1. The van der Waals surface area contributed by atoms with Crippen LogP contribution in [0.5, 0.6) is 11.5 Å². The van der Waals surface area contributed by atoms with Gasteiger partial charge in [-0.3, -0.25) is 9.59 Å². The van der Waals surface area contributed by atoms with Crippen molar-refractivity contribution < 1.29 is 49.2 Å². The van der Waals surface area contributed by atoms with Crippen LogP contribution >= 0.6 is 46.5 Å². The van der Waals surface area contributed by atoms with Gasteiger partial charge in [-0.15, -0.1) is 23.1 Å². The zero-order valence-electron chi connectivity index (χ0n) is 24.6. The minimum absolute atomic E-state index is 0.0284. The number of hydrogen-bond acceptors (Lipinski definition) is 15. The van der Waals surface area contributed by atoms with Crippen LogP contribution in [0.2, 0.25) is 5.02 Å². The first-order valence-electron chi connectivity index (χ1n) is 14.1. The summed E-state index contributed by atoms with van der Waals surface area (Å²) in [5, 5.41) is 48.7. The van der Waals surface area contributed by atoms with Crippen molar-refractivity contribution in [3.63, 3.8) is 0 Å². The van der Waals surface area contributed by atoms with Gasteiger partial charge in [-0.1, -0.05) is 16.8 Å². The van der Waals surface area contributed by atoms with Gasteiger partial charge in [0.15, 0.2) is 22.3 Å². The second-order valence-electron chi connectivity index (χ2n) is 10.6. The van der Waals surface area contributed by atoms with Crippen LogP contribution in [-0.4, -0.2) is 107 Å². The zero-order valence-corrected chi connectivity index (χ0v) is 27.8. The lowest BCUT2D eigenvalue weighted by Gasteiger charge is -2.51. The van der Waals surface area contributed by atoms with E-state index in [4.69, 9.17) is 22.2 Å². The highest BCUT2D eigenvalue weighted by atomic mass is 35.5. The van der Waals surface area contributed by atoms with Crippen LogP contribution in [0.3, 0.4) is 0 Å². The fourth-order valence-electron chi connectivity index (χ4n) is 4.99. The lowest BCUT2D eigenvalue weighted by Crippen LogP contribution is -2.65. The highest BCUT2D eigenvalue weighted by molar-refractivity contribution is 8.01. The molecule has 0 bridgehead atoms. The zero-order chi connectivity index (χ0) is 34.7. The summed E-state index contributed by atoms with van der Waals surface area (Å²) < 4.78 is 0. The Bertz CT molecular complexity index is 1790. The van der Waals surface area contributed by atoms with Gasteiger partial charge < -0.3 is 46.5 Å².